The van der Waals surface area contributed by atoms with Crippen LogP contribution in [0.25, 0.3) is 126 Å². The summed E-state index contributed by atoms with van der Waals surface area (Å²) >= 11 is 0. The van der Waals surface area contributed by atoms with Crippen LogP contribution in [-0.4, -0.2) is 4.57 Å². The van der Waals surface area contributed by atoms with Crippen LogP contribution in [0.15, 0.2) is 249 Å². The maximum absolute atomic E-state index is 2.39. The molecule has 0 aliphatic heterocycles. The summed E-state index contributed by atoms with van der Waals surface area (Å²) in [6.45, 7) is 0. The second-order valence-electron chi connectivity index (χ2n) is 17.3. The first-order chi connectivity index (χ1) is 32.2. The Hall–Kier alpha value is -8.52. The Bertz CT molecular complexity index is 3960. The van der Waals surface area contributed by atoms with Crippen LogP contribution < -0.4 is 0 Å². The van der Waals surface area contributed by atoms with E-state index in [1.54, 1.807) is 0 Å². The maximum atomic E-state index is 2.39. The van der Waals surface area contributed by atoms with Gasteiger partial charge in [-0.15, -0.1) is 0 Å². The third-order valence-electron chi connectivity index (χ3n) is 13.6. The van der Waals surface area contributed by atoms with Gasteiger partial charge in [0.15, 0.2) is 0 Å². The smallest absolute Gasteiger partial charge is 0.0535 e. The number of rotatable bonds is 6. The Kier molecular flexibility index (Phi) is 8.60. The molecule has 0 aliphatic rings. The highest BCUT2D eigenvalue weighted by atomic mass is 15.0. The molecule has 1 aromatic heterocycles. The summed E-state index contributed by atoms with van der Waals surface area (Å²) in [4.78, 5) is 0. The van der Waals surface area contributed by atoms with Crippen molar-refractivity contribution in [1.29, 1.82) is 0 Å². The molecule has 0 saturated heterocycles. The zero-order valence-electron chi connectivity index (χ0n) is 35.6. The Morgan fingerprint density at radius 1 is 0.215 bits per heavy atom. The largest absolute Gasteiger partial charge is 0.316 e. The van der Waals surface area contributed by atoms with E-state index in [1.165, 1.54) is 120 Å². The summed E-state index contributed by atoms with van der Waals surface area (Å²) < 4.78 is 2.36. The molecule has 0 fully saturated rings. The zero-order chi connectivity index (χ0) is 42.8. The average Bonchev–Trinajstić information content (AvgIpc) is 3.77. The highest BCUT2D eigenvalue weighted by Crippen LogP contribution is 2.41. The predicted octanol–water partition coefficient (Wildman–Crippen LogP) is 17.7. The fourth-order valence-corrected chi connectivity index (χ4v) is 10.4. The van der Waals surface area contributed by atoms with Crippen molar-refractivity contribution < 1.29 is 0 Å². The van der Waals surface area contributed by atoms with Gasteiger partial charge in [0.1, 0.15) is 0 Å². The Morgan fingerprint density at radius 2 is 0.631 bits per heavy atom. The molecular formula is C64H41N. The minimum absolute atomic E-state index is 1.13. The van der Waals surface area contributed by atoms with Crippen molar-refractivity contribution in [3.8, 4) is 61.3 Å². The summed E-state index contributed by atoms with van der Waals surface area (Å²) in [5.74, 6) is 0. The van der Waals surface area contributed by atoms with Gasteiger partial charge in [-0.25, -0.2) is 0 Å². The van der Waals surface area contributed by atoms with Gasteiger partial charge < -0.3 is 4.57 Å². The normalized spacial score (nSPS) is 11.7. The quantitative estimate of drug-likeness (QED) is 0.147. The number of nitrogens with zero attached hydrogens (tertiary/aromatic N) is 1. The van der Waals surface area contributed by atoms with Crippen molar-refractivity contribution in [2.75, 3.05) is 0 Å². The van der Waals surface area contributed by atoms with Crippen molar-refractivity contribution >= 4 is 64.8 Å². The van der Waals surface area contributed by atoms with Crippen LogP contribution in [0.3, 0.4) is 0 Å². The monoisotopic (exact) mass is 823 g/mol. The Labute approximate surface area is 377 Å². The highest BCUT2D eigenvalue weighted by molar-refractivity contribution is 6.15. The summed E-state index contributed by atoms with van der Waals surface area (Å²) in [6, 6.07) is 89.2. The van der Waals surface area contributed by atoms with Crippen LogP contribution in [-0.2, 0) is 0 Å². The van der Waals surface area contributed by atoms with E-state index in [-0.39, 0.29) is 0 Å². The molecule has 0 saturated carbocycles. The summed E-state index contributed by atoms with van der Waals surface area (Å²) in [5, 5.41) is 13.9. The van der Waals surface area contributed by atoms with Crippen LogP contribution in [0.5, 0.6) is 0 Å². The van der Waals surface area contributed by atoms with Gasteiger partial charge >= 0.3 is 0 Å². The first kappa shape index (κ1) is 37.1. The van der Waals surface area contributed by atoms with Gasteiger partial charge in [-0.1, -0.05) is 206 Å². The van der Waals surface area contributed by atoms with Crippen molar-refractivity contribution in [3.05, 3.63) is 249 Å². The first-order valence-corrected chi connectivity index (χ1v) is 22.5. The van der Waals surface area contributed by atoms with Crippen molar-refractivity contribution in [1.82, 2.24) is 4.57 Å². The van der Waals surface area contributed by atoms with Gasteiger partial charge in [0, 0.05) is 22.8 Å². The minimum atomic E-state index is 1.13. The molecule has 12 aromatic carbocycles. The molecular weight excluding hydrogens is 783 g/mol. The molecule has 302 valence electrons. The molecule has 1 nitrogen and oxygen atoms in total. The lowest BCUT2D eigenvalue weighted by atomic mass is 9.92. The molecule has 13 rings (SSSR count). The molecule has 0 atom stereocenters. The van der Waals surface area contributed by atoms with Crippen LogP contribution >= 0.6 is 0 Å². The number of benzene rings is 12. The van der Waals surface area contributed by atoms with E-state index in [0.717, 1.165) is 5.69 Å². The molecule has 1 heterocycles. The van der Waals surface area contributed by atoms with Crippen molar-refractivity contribution in [3.63, 3.8) is 0 Å². The van der Waals surface area contributed by atoms with Crippen molar-refractivity contribution in [2.24, 2.45) is 0 Å². The Morgan fingerprint density at radius 3 is 1.22 bits per heavy atom. The van der Waals surface area contributed by atoms with E-state index in [2.05, 4.69) is 253 Å². The van der Waals surface area contributed by atoms with Crippen LogP contribution in [0.2, 0.25) is 0 Å². The van der Waals surface area contributed by atoms with E-state index in [1.807, 2.05) is 0 Å². The van der Waals surface area contributed by atoms with Gasteiger partial charge in [0.25, 0.3) is 0 Å². The standard InChI is InChI=1S/C64H41N/c1-4-16-52-43(12-1)15-11-23-53(52)44-32-35-51(36-33-44)65-41-63(47-30-28-46(29-31-47)61-40-50-14-3-6-18-55(50)57-20-8-10-22-59(57)61)62-38-48(34-37-64(62)65)42-24-26-45(27-25-42)60-39-49-13-2-5-17-54(49)56-19-7-9-21-58(56)60/h1-41H. The van der Waals surface area contributed by atoms with E-state index >= 15 is 0 Å². The van der Waals surface area contributed by atoms with Gasteiger partial charge in [-0.3, -0.25) is 0 Å². The molecule has 13 aromatic rings. The van der Waals surface area contributed by atoms with E-state index in [4.69, 9.17) is 0 Å². The van der Waals surface area contributed by atoms with Crippen molar-refractivity contribution in [2.45, 2.75) is 0 Å². The molecule has 0 spiro atoms. The minimum Gasteiger partial charge on any atom is -0.316 e. The molecule has 0 radical (unpaired) electrons. The van der Waals surface area contributed by atoms with Gasteiger partial charge in [-0.2, -0.15) is 0 Å². The van der Waals surface area contributed by atoms with E-state index in [9.17, 15) is 0 Å². The lowest BCUT2D eigenvalue weighted by molar-refractivity contribution is 1.13. The molecule has 65 heavy (non-hydrogen) atoms. The molecule has 1 heteroatoms. The topological polar surface area (TPSA) is 4.93 Å². The second kappa shape index (κ2) is 15.1. The van der Waals surface area contributed by atoms with E-state index < -0.39 is 0 Å². The number of aromatic nitrogens is 1. The lowest BCUT2D eigenvalue weighted by Crippen LogP contribution is -1.92. The average molecular weight is 824 g/mol. The zero-order valence-corrected chi connectivity index (χ0v) is 35.6. The second-order valence-corrected chi connectivity index (χ2v) is 17.3. The van der Waals surface area contributed by atoms with E-state index in [0.29, 0.717) is 0 Å². The van der Waals surface area contributed by atoms with Gasteiger partial charge in [0.2, 0.25) is 0 Å². The molecule has 0 N–H and O–H groups in total. The molecule has 0 aliphatic carbocycles. The van der Waals surface area contributed by atoms with Crippen LogP contribution in [0.1, 0.15) is 0 Å². The highest BCUT2D eigenvalue weighted by Gasteiger charge is 2.16. The molecule has 0 bridgehead atoms. The van der Waals surface area contributed by atoms with Gasteiger partial charge in [-0.05, 0) is 140 Å². The summed E-state index contributed by atoms with van der Waals surface area (Å²) in [5.41, 5.74) is 14.5. The van der Waals surface area contributed by atoms with Gasteiger partial charge in [0.05, 0.1) is 5.52 Å². The van der Waals surface area contributed by atoms with Crippen LogP contribution in [0, 0.1) is 0 Å². The fraction of sp³-hybridized carbons (Fsp3) is 0. The molecule has 0 unspecified atom stereocenters. The Balaban J connectivity index is 0.924. The number of hydrogen-bond donors (Lipinski definition) is 0. The predicted molar refractivity (Wildman–Crippen MR) is 278 cm³/mol. The number of hydrogen-bond acceptors (Lipinski definition) is 0. The maximum Gasteiger partial charge on any atom is 0.0535 e. The SMILES string of the molecule is c1ccc2c(-c3ccc(-n4cc(-c5ccc(-c6cc7ccccc7c7ccccc67)cc5)c5cc(-c6ccc(-c7cc8ccccc8c8ccccc78)cc6)ccc54)cc3)cccc2c1. The van der Waals surface area contributed by atoms with Crippen LogP contribution in [0.4, 0.5) is 0 Å². The first-order valence-electron chi connectivity index (χ1n) is 22.5. The lowest BCUT2D eigenvalue weighted by Gasteiger charge is -2.12. The third-order valence-corrected chi connectivity index (χ3v) is 13.6. The fourth-order valence-electron chi connectivity index (χ4n) is 10.4. The molecule has 0 amide bonds. The third kappa shape index (κ3) is 6.24. The summed E-state index contributed by atoms with van der Waals surface area (Å²) in [6.07, 6.45) is 2.33. The number of fused-ring (bicyclic) bond motifs is 8. The summed E-state index contributed by atoms with van der Waals surface area (Å²) in [7, 11) is 0.